The molecule has 2 unspecified atom stereocenters. The maximum atomic E-state index is 12.6. The van der Waals surface area contributed by atoms with Crippen molar-refractivity contribution in [2.45, 2.75) is 25.1 Å². The van der Waals surface area contributed by atoms with Crippen LogP contribution in [0.4, 0.5) is 4.39 Å². The van der Waals surface area contributed by atoms with Gasteiger partial charge in [-0.3, -0.25) is 0 Å². The smallest absolute Gasteiger partial charge is 0.114 e. The van der Waals surface area contributed by atoms with Crippen molar-refractivity contribution in [1.29, 1.82) is 0 Å². The van der Waals surface area contributed by atoms with Crippen LogP contribution in [-0.2, 0) is 0 Å². The van der Waals surface area contributed by atoms with Crippen LogP contribution in [0.5, 0.6) is 0 Å². The highest BCUT2D eigenvalue weighted by Gasteiger charge is 2.17. The highest BCUT2D eigenvalue weighted by molar-refractivity contribution is 6.22. The van der Waals surface area contributed by atoms with Crippen LogP contribution in [0.15, 0.2) is 11.9 Å². The van der Waals surface area contributed by atoms with Crippen molar-refractivity contribution in [3.8, 4) is 0 Å². The summed E-state index contributed by atoms with van der Waals surface area (Å²) in [7, 11) is 0. The summed E-state index contributed by atoms with van der Waals surface area (Å²) in [6.07, 6.45) is 3.41. The molecule has 2 heteroatoms. The number of rotatable bonds is 0. The Labute approximate surface area is 59.7 Å². The highest BCUT2D eigenvalue weighted by Crippen LogP contribution is 2.27. The molecule has 9 heavy (non-hydrogen) atoms. The van der Waals surface area contributed by atoms with Gasteiger partial charge >= 0.3 is 0 Å². The molecule has 0 aromatic rings. The molecule has 0 aromatic heterocycles. The van der Waals surface area contributed by atoms with Gasteiger partial charge in [0.05, 0.1) is 5.38 Å². The fourth-order valence-electron chi connectivity index (χ4n) is 1.01. The molecule has 0 fully saturated rings. The van der Waals surface area contributed by atoms with Crippen LogP contribution in [0, 0.1) is 5.92 Å². The SMILES string of the molecule is CC1C=C(F)C(Cl)CC1. The zero-order chi connectivity index (χ0) is 6.85. The molecular weight excluding hydrogens is 139 g/mol. The summed E-state index contributed by atoms with van der Waals surface area (Å²) in [5.41, 5.74) is 0. The maximum Gasteiger partial charge on any atom is 0.114 e. The molecule has 0 radical (unpaired) electrons. The molecule has 0 nitrogen and oxygen atoms in total. The van der Waals surface area contributed by atoms with Gasteiger partial charge in [-0.1, -0.05) is 6.92 Å². The Balaban J connectivity index is 2.61. The number of allylic oxidation sites excluding steroid dienone is 2. The Bertz CT molecular complexity index is 131. The van der Waals surface area contributed by atoms with Crippen LogP contribution in [0.25, 0.3) is 0 Å². The standard InChI is InChI=1S/C7H10ClF/c1-5-2-3-6(8)7(9)4-5/h4-6H,2-3H2,1H3. The van der Waals surface area contributed by atoms with Crippen molar-refractivity contribution in [3.05, 3.63) is 11.9 Å². The van der Waals surface area contributed by atoms with E-state index in [1.54, 1.807) is 6.08 Å². The molecule has 0 amide bonds. The number of halogens is 2. The van der Waals surface area contributed by atoms with Gasteiger partial charge in [0.1, 0.15) is 5.83 Å². The Morgan fingerprint density at radius 3 is 2.78 bits per heavy atom. The van der Waals surface area contributed by atoms with Gasteiger partial charge in [-0.2, -0.15) is 0 Å². The van der Waals surface area contributed by atoms with E-state index < -0.39 is 0 Å². The molecule has 0 saturated carbocycles. The molecule has 0 aromatic carbocycles. The molecule has 0 saturated heterocycles. The summed E-state index contributed by atoms with van der Waals surface area (Å²) in [5, 5.41) is -0.346. The molecule has 1 aliphatic carbocycles. The van der Waals surface area contributed by atoms with E-state index in [9.17, 15) is 4.39 Å². The van der Waals surface area contributed by atoms with Gasteiger partial charge in [-0.05, 0) is 24.8 Å². The summed E-state index contributed by atoms with van der Waals surface area (Å²) in [5.74, 6) is 0.232. The van der Waals surface area contributed by atoms with E-state index in [1.807, 2.05) is 6.92 Å². The quantitative estimate of drug-likeness (QED) is 0.464. The predicted octanol–water partition coefficient (Wildman–Crippen LogP) is 2.88. The fourth-order valence-corrected chi connectivity index (χ4v) is 1.21. The molecule has 2 atom stereocenters. The zero-order valence-electron chi connectivity index (χ0n) is 5.40. The van der Waals surface area contributed by atoms with Crippen molar-refractivity contribution in [1.82, 2.24) is 0 Å². The van der Waals surface area contributed by atoms with Crippen LogP contribution >= 0.6 is 11.6 Å². The number of alkyl halides is 1. The first-order valence-electron chi connectivity index (χ1n) is 3.21. The molecule has 0 spiro atoms. The Morgan fingerprint density at radius 1 is 1.67 bits per heavy atom. The fraction of sp³-hybridized carbons (Fsp3) is 0.714. The monoisotopic (exact) mass is 148 g/mol. The lowest BCUT2D eigenvalue weighted by molar-refractivity contribution is 0.485. The minimum atomic E-state index is -0.346. The third-order valence-electron chi connectivity index (χ3n) is 1.62. The minimum Gasteiger partial charge on any atom is -0.211 e. The lowest BCUT2D eigenvalue weighted by Crippen LogP contribution is -2.09. The first-order chi connectivity index (χ1) is 4.20. The number of hydrogen-bond donors (Lipinski definition) is 0. The third kappa shape index (κ3) is 1.68. The maximum absolute atomic E-state index is 12.6. The molecule has 52 valence electrons. The summed E-state index contributed by atoms with van der Waals surface area (Å²) >= 11 is 5.59. The Morgan fingerprint density at radius 2 is 2.33 bits per heavy atom. The van der Waals surface area contributed by atoms with Gasteiger partial charge < -0.3 is 0 Å². The van der Waals surface area contributed by atoms with E-state index >= 15 is 0 Å². The predicted molar refractivity (Wildman–Crippen MR) is 37.2 cm³/mol. The third-order valence-corrected chi connectivity index (χ3v) is 2.05. The van der Waals surface area contributed by atoms with Crippen molar-refractivity contribution < 1.29 is 4.39 Å². The first kappa shape index (κ1) is 7.07. The molecular formula is C7H10ClF. The molecule has 0 bridgehead atoms. The Hall–Kier alpha value is -0.0400. The Kier molecular flexibility index (Phi) is 2.12. The topological polar surface area (TPSA) is 0 Å². The summed E-state index contributed by atoms with van der Waals surface area (Å²) in [4.78, 5) is 0. The second kappa shape index (κ2) is 2.70. The molecule has 1 rings (SSSR count). The van der Waals surface area contributed by atoms with Gasteiger partial charge in [0.2, 0.25) is 0 Å². The van der Waals surface area contributed by atoms with Crippen LogP contribution in [-0.4, -0.2) is 5.38 Å². The number of hydrogen-bond acceptors (Lipinski definition) is 0. The molecule has 0 N–H and O–H groups in total. The van der Waals surface area contributed by atoms with Crippen molar-refractivity contribution in [2.75, 3.05) is 0 Å². The van der Waals surface area contributed by atoms with Gasteiger partial charge in [0.25, 0.3) is 0 Å². The van der Waals surface area contributed by atoms with E-state index in [0.29, 0.717) is 5.92 Å². The minimum absolute atomic E-state index is 0.143. The van der Waals surface area contributed by atoms with E-state index in [1.165, 1.54) is 0 Å². The lowest BCUT2D eigenvalue weighted by atomic mass is 9.97. The van der Waals surface area contributed by atoms with Crippen LogP contribution in [0.2, 0.25) is 0 Å². The van der Waals surface area contributed by atoms with Gasteiger partial charge in [-0.25, -0.2) is 4.39 Å². The molecule has 0 heterocycles. The van der Waals surface area contributed by atoms with Gasteiger partial charge in [0.15, 0.2) is 0 Å². The van der Waals surface area contributed by atoms with Crippen LogP contribution in [0.3, 0.4) is 0 Å². The van der Waals surface area contributed by atoms with E-state index in [2.05, 4.69) is 0 Å². The molecule has 1 aliphatic rings. The second-order valence-electron chi connectivity index (χ2n) is 2.57. The normalized spacial score (nSPS) is 36.1. The second-order valence-corrected chi connectivity index (χ2v) is 3.10. The summed E-state index contributed by atoms with van der Waals surface area (Å²) < 4.78 is 12.6. The average molecular weight is 149 g/mol. The van der Waals surface area contributed by atoms with Crippen molar-refractivity contribution in [3.63, 3.8) is 0 Å². The van der Waals surface area contributed by atoms with E-state index in [-0.39, 0.29) is 11.2 Å². The first-order valence-corrected chi connectivity index (χ1v) is 3.65. The highest BCUT2D eigenvalue weighted by atomic mass is 35.5. The summed E-state index contributed by atoms with van der Waals surface area (Å²) in [6, 6.07) is 0. The zero-order valence-corrected chi connectivity index (χ0v) is 6.16. The molecule has 0 aliphatic heterocycles. The van der Waals surface area contributed by atoms with Crippen molar-refractivity contribution >= 4 is 11.6 Å². The van der Waals surface area contributed by atoms with E-state index in [0.717, 1.165) is 12.8 Å². The largest absolute Gasteiger partial charge is 0.211 e. The van der Waals surface area contributed by atoms with Gasteiger partial charge in [-0.15, -0.1) is 11.6 Å². The lowest BCUT2D eigenvalue weighted by Gasteiger charge is -2.16. The van der Waals surface area contributed by atoms with E-state index in [4.69, 9.17) is 11.6 Å². The van der Waals surface area contributed by atoms with Crippen LogP contribution < -0.4 is 0 Å². The summed E-state index contributed by atoms with van der Waals surface area (Å²) in [6.45, 7) is 2.00. The van der Waals surface area contributed by atoms with Crippen LogP contribution in [0.1, 0.15) is 19.8 Å². The average Bonchev–Trinajstić information content (AvgIpc) is 1.80. The van der Waals surface area contributed by atoms with Gasteiger partial charge in [0, 0.05) is 0 Å². The van der Waals surface area contributed by atoms with Crippen molar-refractivity contribution in [2.24, 2.45) is 5.92 Å².